The van der Waals surface area contributed by atoms with Crippen LogP contribution in [0.4, 0.5) is 0 Å². The lowest BCUT2D eigenvalue weighted by molar-refractivity contribution is -0.132. The Morgan fingerprint density at radius 3 is 2.79 bits per heavy atom. The van der Waals surface area contributed by atoms with Crippen molar-refractivity contribution in [3.63, 3.8) is 0 Å². The van der Waals surface area contributed by atoms with Crippen LogP contribution in [0.3, 0.4) is 0 Å². The fraction of sp³-hybridized carbons (Fsp3) is 0.640. The smallest absolute Gasteiger partial charge is 0.231 e. The third-order valence-electron chi connectivity index (χ3n) is 6.89. The van der Waals surface area contributed by atoms with Gasteiger partial charge in [0, 0.05) is 42.7 Å². The zero-order valence-corrected chi connectivity index (χ0v) is 21.3. The highest BCUT2D eigenvalue weighted by Crippen LogP contribution is 2.47. The highest BCUT2D eigenvalue weighted by molar-refractivity contribution is 6.30. The van der Waals surface area contributed by atoms with Crippen LogP contribution in [0, 0.1) is 11.8 Å². The van der Waals surface area contributed by atoms with Crippen LogP contribution in [-0.2, 0) is 14.3 Å². The summed E-state index contributed by atoms with van der Waals surface area (Å²) in [5.74, 6) is 0.666. The minimum Gasteiger partial charge on any atom is -0.487 e. The predicted molar refractivity (Wildman–Crippen MR) is 131 cm³/mol. The van der Waals surface area contributed by atoms with E-state index in [1.807, 2.05) is 39.8 Å². The number of carbonyl (C=O) groups is 2. The number of carbonyl (C=O) groups excluding carboxylic acids is 2. The molecule has 1 aliphatic carbocycles. The van der Waals surface area contributed by atoms with E-state index in [2.05, 4.69) is 10.3 Å². The predicted octanol–water partition coefficient (Wildman–Crippen LogP) is 3.43. The number of nitrogens with one attached hydrogen (secondary N) is 1. The highest BCUT2D eigenvalue weighted by atomic mass is 35.5. The molecule has 2 aliphatic heterocycles. The average molecular weight is 491 g/mol. The largest absolute Gasteiger partial charge is 0.487 e. The first kappa shape index (κ1) is 24.8. The van der Waals surface area contributed by atoms with Crippen LogP contribution in [0.15, 0.2) is 23.2 Å². The van der Waals surface area contributed by atoms with Gasteiger partial charge in [-0.05, 0) is 58.6 Å². The third kappa shape index (κ3) is 5.18. The summed E-state index contributed by atoms with van der Waals surface area (Å²) >= 11 is 6.16. The van der Waals surface area contributed by atoms with Gasteiger partial charge in [0.2, 0.25) is 11.8 Å². The summed E-state index contributed by atoms with van der Waals surface area (Å²) < 4.78 is 11.4. The summed E-state index contributed by atoms with van der Waals surface area (Å²) in [5, 5.41) is 3.83. The Morgan fingerprint density at radius 2 is 2.12 bits per heavy atom. The van der Waals surface area contributed by atoms with E-state index in [0.29, 0.717) is 36.6 Å². The molecular formula is C25H35ClN4O4. The molecule has 1 unspecified atom stereocenters. The molecule has 2 heterocycles. The number of hydrogen-bond donors (Lipinski definition) is 2. The normalized spacial score (nSPS) is 27.8. The number of fused-ring (bicyclic) bond motifs is 1. The van der Waals surface area contributed by atoms with Gasteiger partial charge in [-0.1, -0.05) is 17.7 Å². The molecule has 0 bridgehead atoms. The minimum atomic E-state index is -0.518. The van der Waals surface area contributed by atoms with Crippen molar-refractivity contribution < 1.29 is 19.1 Å². The van der Waals surface area contributed by atoms with Gasteiger partial charge in [-0.25, -0.2) is 4.99 Å². The molecule has 1 saturated carbocycles. The fourth-order valence-electron chi connectivity index (χ4n) is 5.29. The van der Waals surface area contributed by atoms with Crippen LogP contribution in [0.2, 0.25) is 5.02 Å². The van der Waals surface area contributed by atoms with Gasteiger partial charge in [-0.15, -0.1) is 0 Å². The molecule has 34 heavy (non-hydrogen) atoms. The molecule has 3 N–H and O–H groups in total. The van der Waals surface area contributed by atoms with Gasteiger partial charge in [0.05, 0.1) is 18.0 Å². The summed E-state index contributed by atoms with van der Waals surface area (Å²) in [6.07, 6.45) is 2.23. The third-order valence-corrected chi connectivity index (χ3v) is 7.12. The Hall–Kier alpha value is -2.32. The molecule has 1 aromatic carbocycles. The summed E-state index contributed by atoms with van der Waals surface area (Å²) in [5.41, 5.74) is 6.21. The standard InChI is InChI=1S/C25H35ClN4O4/c1-24(2)13-21(31)30(23(27)29-24)19(8-9-33-5)16-11-17(16)22(32)28-18-12-25(3,4)34-20-10-14(26)6-7-15(18)20/h6-7,10,16-19H,8-9,11-13H2,1-5H3,(H2,27,29)(H,28,32)/t16?,17-,18-,19-/m1/s1. The number of amides is 2. The second-order valence-corrected chi connectivity index (χ2v) is 11.3. The topological polar surface area (TPSA) is 106 Å². The molecule has 2 amide bonds. The first-order chi connectivity index (χ1) is 15.9. The number of aliphatic imine (C=N–C) groups is 1. The molecule has 1 fully saturated rings. The van der Waals surface area contributed by atoms with Gasteiger partial charge in [0.15, 0.2) is 5.96 Å². The molecule has 1 aromatic rings. The SMILES string of the molecule is COCC[C@H](C1C[C@H]1C(=O)N[C@@H]1CC(C)(C)Oc2cc(Cl)ccc21)N1C(=O)CC(C)(C)N=C1N. The number of hydrogen-bond acceptors (Lipinski definition) is 6. The molecule has 0 radical (unpaired) electrons. The number of rotatable bonds is 7. The Kier molecular flexibility index (Phi) is 6.59. The van der Waals surface area contributed by atoms with Crippen LogP contribution in [0.5, 0.6) is 5.75 Å². The quantitative estimate of drug-likeness (QED) is 0.609. The fourth-order valence-corrected chi connectivity index (χ4v) is 5.45. The molecule has 0 spiro atoms. The van der Waals surface area contributed by atoms with Crippen LogP contribution in [-0.4, -0.2) is 53.6 Å². The molecule has 4 atom stereocenters. The first-order valence-electron chi connectivity index (χ1n) is 11.9. The van der Waals surface area contributed by atoms with Crippen LogP contribution in [0.1, 0.15) is 65.0 Å². The maximum atomic E-state index is 13.3. The Morgan fingerprint density at radius 1 is 1.38 bits per heavy atom. The van der Waals surface area contributed by atoms with Gasteiger partial charge >= 0.3 is 0 Å². The monoisotopic (exact) mass is 490 g/mol. The Bertz CT molecular complexity index is 1010. The van der Waals surface area contributed by atoms with Crippen molar-refractivity contribution in [2.24, 2.45) is 22.6 Å². The van der Waals surface area contributed by atoms with E-state index in [-0.39, 0.29) is 48.1 Å². The molecule has 9 heteroatoms. The van der Waals surface area contributed by atoms with Crippen molar-refractivity contribution in [2.75, 3.05) is 13.7 Å². The van der Waals surface area contributed by atoms with Gasteiger partial charge < -0.3 is 20.5 Å². The Balaban J connectivity index is 1.50. The lowest BCUT2D eigenvalue weighted by atomic mass is 9.89. The number of benzene rings is 1. The molecule has 0 aromatic heterocycles. The number of methoxy groups -OCH3 is 1. The first-order valence-corrected chi connectivity index (χ1v) is 12.2. The van der Waals surface area contributed by atoms with Crippen LogP contribution < -0.4 is 15.8 Å². The summed E-state index contributed by atoms with van der Waals surface area (Å²) in [6.45, 7) is 8.27. The van der Waals surface area contributed by atoms with E-state index < -0.39 is 11.1 Å². The van der Waals surface area contributed by atoms with E-state index in [4.69, 9.17) is 26.8 Å². The second kappa shape index (κ2) is 9.04. The van der Waals surface area contributed by atoms with Crippen molar-refractivity contribution in [2.45, 2.75) is 76.6 Å². The molecule has 8 nitrogen and oxygen atoms in total. The number of ether oxygens (including phenoxy) is 2. The summed E-state index contributed by atoms with van der Waals surface area (Å²) in [6, 6.07) is 5.12. The Labute approximate surface area is 206 Å². The van der Waals surface area contributed by atoms with E-state index in [1.165, 1.54) is 0 Å². The van der Waals surface area contributed by atoms with Crippen molar-refractivity contribution in [1.29, 1.82) is 0 Å². The number of guanidine groups is 1. The summed E-state index contributed by atoms with van der Waals surface area (Å²) in [4.78, 5) is 32.4. The van der Waals surface area contributed by atoms with Gasteiger partial charge in [-0.2, -0.15) is 0 Å². The van der Waals surface area contributed by atoms with Crippen molar-refractivity contribution in [3.05, 3.63) is 28.8 Å². The lowest BCUT2D eigenvalue weighted by Crippen LogP contribution is -2.55. The van der Waals surface area contributed by atoms with Crippen LogP contribution >= 0.6 is 11.6 Å². The van der Waals surface area contributed by atoms with Gasteiger partial charge in [0.1, 0.15) is 11.4 Å². The zero-order chi connectivity index (χ0) is 24.8. The maximum absolute atomic E-state index is 13.3. The molecular weight excluding hydrogens is 456 g/mol. The van der Waals surface area contributed by atoms with E-state index in [1.54, 1.807) is 18.1 Å². The average Bonchev–Trinajstić information content (AvgIpc) is 3.48. The van der Waals surface area contributed by atoms with Crippen molar-refractivity contribution in [1.82, 2.24) is 10.2 Å². The minimum absolute atomic E-state index is 0.00611. The molecule has 3 aliphatic rings. The van der Waals surface area contributed by atoms with E-state index in [0.717, 1.165) is 5.56 Å². The maximum Gasteiger partial charge on any atom is 0.231 e. The molecule has 4 rings (SSSR count). The van der Waals surface area contributed by atoms with E-state index in [9.17, 15) is 9.59 Å². The number of nitrogens with zero attached hydrogens (tertiary/aromatic N) is 2. The second-order valence-electron chi connectivity index (χ2n) is 10.9. The van der Waals surface area contributed by atoms with Gasteiger partial charge in [-0.3, -0.25) is 14.5 Å². The van der Waals surface area contributed by atoms with Crippen molar-refractivity contribution in [3.8, 4) is 5.75 Å². The highest BCUT2D eigenvalue weighted by Gasteiger charge is 2.52. The summed E-state index contributed by atoms with van der Waals surface area (Å²) in [7, 11) is 1.63. The van der Waals surface area contributed by atoms with E-state index >= 15 is 0 Å². The van der Waals surface area contributed by atoms with Crippen molar-refractivity contribution >= 4 is 29.4 Å². The lowest BCUT2D eigenvalue weighted by Gasteiger charge is -2.38. The van der Waals surface area contributed by atoms with Crippen LogP contribution in [0.25, 0.3) is 0 Å². The molecule has 0 saturated heterocycles. The number of halogens is 1. The molecule has 186 valence electrons. The number of nitrogens with two attached hydrogens (primary N) is 1. The van der Waals surface area contributed by atoms with Gasteiger partial charge in [0.25, 0.3) is 0 Å². The zero-order valence-electron chi connectivity index (χ0n) is 20.6.